The maximum atomic E-state index is 12.7. The number of sulfone groups is 1. The fourth-order valence-corrected chi connectivity index (χ4v) is 4.32. The largest absolute Gasteiger partial charge is 0.481 e. The molecule has 0 aliphatic carbocycles. The van der Waals surface area contributed by atoms with Gasteiger partial charge in [-0.05, 0) is 51.0 Å². The van der Waals surface area contributed by atoms with Crippen LogP contribution >= 0.6 is 0 Å². The summed E-state index contributed by atoms with van der Waals surface area (Å²) in [5, 5.41) is 9.64. The van der Waals surface area contributed by atoms with E-state index in [2.05, 4.69) is 0 Å². The number of amides is 1. The van der Waals surface area contributed by atoms with Gasteiger partial charge in [-0.25, -0.2) is 13.2 Å². The molecule has 8 nitrogen and oxygen atoms in total. The van der Waals surface area contributed by atoms with Crippen molar-refractivity contribution in [3.63, 3.8) is 0 Å². The van der Waals surface area contributed by atoms with Gasteiger partial charge in [-0.3, -0.25) is 4.79 Å². The third-order valence-electron chi connectivity index (χ3n) is 4.41. The second-order valence-electron chi connectivity index (χ2n) is 7.55. The molecule has 0 spiro atoms. The van der Waals surface area contributed by atoms with Gasteiger partial charge >= 0.3 is 12.1 Å². The first-order valence-corrected chi connectivity index (χ1v) is 10.4. The van der Waals surface area contributed by atoms with Crippen LogP contribution in [0.2, 0.25) is 0 Å². The van der Waals surface area contributed by atoms with Crippen LogP contribution in [0.5, 0.6) is 0 Å². The van der Waals surface area contributed by atoms with Crippen LogP contribution in [0.3, 0.4) is 0 Å². The standard InChI is InChI=1S/C18H26N2O6S/c1-5-27(24,25)14-7-6-11(19)10-13(14)15-12(16(21)22)8-9-20(15)17(23)26-18(2,3)4/h6-7,10,12,15H,5,8-9,19H2,1-4H3,(H,21,22)/t12-,15+/m0/s1. The quantitative estimate of drug-likeness (QED) is 0.746. The Kier molecular flexibility index (Phi) is 5.74. The first-order valence-electron chi connectivity index (χ1n) is 8.72. The topological polar surface area (TPSA) is 127 Å². The van der Waals surface area contributed by atoms with E-state index in [-0.39, 0.29) is 29.2 Å². The van der Waals surface area contributed by atoms with Crippen molar-refractivity contribution < 1.29 is 27.9 Å². The van der Waals surface area contributed by atoms with Crippen molar-refractivity contribution in [2.24, 2.45) is 5.92 Å². The van der Waals surface area contributed by atoms with E-state index in [0.29, 0.717) is 5.69 Å². The molecule has 0 aromatic heterocycles. The smallest absolute Gasteiger partial charge is 0.410 e. The fraction of sp³-hybridized carbons (Fsp3) is 0.556. The molecule has 1 saturated heterocycles. The molecular weight excluding hydrogens is 372 g/mol. The number of carboxylic acid groups (broad SMARTS) is 1. The number of carbonyl (C=O) groups is 2. The Morgan fingerprint density at radius 3 is 2.48 bits per heavy atom. The number of likely N-dealkylation sites (tertiary alicyclic amines) is 1. The number of hydrogen-bond donors (Lipinski definition) is 2. The molecule has 1 aromatic carbocycles. The molecule has 9 heteroatoms. The van der Waals surface area contributed by atoms with Gasteiger partial charge < -0.3 is 20.5 Å². The molecule has 2 atom stereocenters. The van der Waals surface area contributed by atoms with Gasteiger partial charge in [-0.2, -0.15) is 0 Å². The molecule has 1 aliphatic rings. The summed E-state index contributed by atoms with van der Waals surface area (Å²) in [5.41, 5.74) is 5.59. The predicted molar refractivity (Wildman–Crippen MR) is 100 cm³/mol. The Bertz CT molecular complexity index is 844. The fourth-order valence-electron chi connectivity index (χ4n) is 3.20. The highest BCUT2D eigenvalue weighted by molar-refractivity contribution is 7.91. The lowest BCUT2D eigenvalue weighted by Gasteiger charge is -2.31. The van der Waals surface area contributed by atoms with E-state index in [1.54, 1.807) is 20.8 Å². The molecule has 3 N–H and O–H groups in total. The summed E-state index contributed by atoms with van der Waals surface area (Å²) in [6.45, 7) is 6.77. The number of nitrogens with two attached hydrogens (primary N) is 1. The normalized spacial score (nSPS) is 20.5. The number of nitrogen functional groups attached to an aromatic ring is 1. The van der Waals surface area contributed by atoms with Crippen LogP contribution in [0.4, 0.5) is 10.5 Å². The lowest BCUT2D eigenvalue weighted by atomic mass is 9.93. The Labute approximate surface area is 159 Å². The van der Waals surface area contributed by atoms with Crippen LogP contribution in [0.25, 0.3) is 0 Å². The van der Waals surface area contributed by atoms with Gasteiger partial charge in [0.2, 0.25) is 0 Å². The Morgan fingerprint density at radius 2 is 1.96 bits per heavy atom. The van der Waals surface area contributed by atoms with Gasteiger partial charge in [-0.15, -0.1) is 0 Å². The summed E-state index contributed by atoms with van der Waals surface area (Å²) in [7, 11) is -3.64. The summed E-state index contributed by atoms with van der Waals surface area (Å²) in [6, 6.07) is 3.28. The van der Waals surface area contributed by atoms with Gasteiger partial charge in [0.1, 0.15) is 5.60 Å². The van der Waals surface area contributed by atoms with Crippen molar-refractivity contribution in [2.75, 3.05) is 18.0 Å². The highest BCUT2D eigenvalue weighted by Crippen LogP contribution is 2.41. The number of hydrogen-bond acceptors (Lipinski definition) is 6. The van der Waals surface area contributed by atoms with Gasteiger partial charge in [0, 0.05) is 12.2 Å². The van der Waals surface area contributed by atoms with E-state index < -0.39 is 39.5 Å². The highest BCUT2D eigenvalue weighted by Gasteiger charge is 2.45. The molecule has 0 saturated carbocycles. The number of nitrogens with zero attached hydrogens (tertiary/aromatic N) is 1. The zero-order valence-corrected chi connectivity index (χ0v) is 16.7. The molecule has 27 heavy (non-hydrogen) atoms. The molecular formula is C18H26N2O6S. The lowest BCUT2D eigenvalue weighted by Crippen LogP contribution is -2.38. The zero-order valence-electron chi connectivity index (χ0n) is 15.9. The van der Waals surface area contributed by atoms with Gasteiger partial charge in [0.15, 0.2) is 9.84 Å². The van der Waals surface area contributed by atoms with Crippen molar-refractivity contribution in [1.82, 2.24) is 4.90 Å². The second-order valence-corrected chi connectivity index (χ2v) is 9.80. The number of carbonyl (C=O) groups excluding carboxylic acids is 1. The van der Waals surface area contributed by atoms with Crippen molar-refractivity contribution >= 4 is 27.6 Å². The van der Waals surface area contributed by atoms with E-state index in [0.717, 1.165) is 0 Å². The molecule has 0 unspecified atom stereocenters. The lowest BCUT2D eigenvalue weighted by molar-refractivity contribution is -0.142. The van der Waals surface area contributed by atoms with Crippen LogP contribution in [0.15, 0.2) is 23.1 Å². The van der Waals surface area contributed by atoms with Crippen LogP contribution in [-0.4, -0.2) is 48.4 Å². The van der Waals surface area contributed by atoms with Crippen LogP contribution in [0, 0.1) is 5.92 Å². The Balaban J connectivity index is 2.61. The second kappa shape index (κ2) is 7.38. The minimum absolute atomic E-state index is 0.00842. The maximum absolute atomic E-state index is 12.7. The van der Waals surface area contributed by atoms with E-state index in [9.17, 15) is 23.1 Å². The summed E-state index contributed by atoms with van der Waals surface area (Å²) in [6.07, 6.45) is -0.488. The van der Waals surface area contributed by atoms with Crippen LogP contribution < -0.4 is 5.73 Å². The Hall–Kier alpha value is -2.29. The minimum Gasteiger partial charge on any atom is -0.481 e. The van der Waals surface area contributed by atoms with Crippen molar-refractivity contribution in [3.05, 3.63) is 23.8 Å². The first kappa shape index (κ1) is 21.0. The Morgan fingerprint density at radius 1 is 1.33 bits per heavy atom. The van der Waals surface area contributed by atoms with E-state index in [4.69, 9.17) is 10.5 Å². The SMILES string of the molecule is CCS(=O)(=O)c1ccc(N)cc1[C@H]1[C@@H](C(=O)O)CCN1C(=O)OC(C)(C)C. The average Bonchev–Trinajstić information content (AvgIpc) is 2.98. The summed E-state index contributed by atoms with van der Waals surface area (Å²) >= 11 is 0. The number of benzene rings is 1. The molecule has 1 aromatic rings. The van der Waals surface area contributed by atoms with Crippen molar-refractivity contribution in [2.45, 2.75) is 50.7 Å². The number of ether oxygens (including phenoxy) is 1. The molecule has 1 heterocycles. The first-order chi connectivity index (χ1) is 12.4. The summed E-state index contributed by atoms with van der Waals surface area (Å²) < 4.78 is 30.5. The number of rotatable bonds is 4. The molecule has 1 amide bonds. The third kappa shape index (κ3) is 4.52. The van der Waals surface area contributed by atoms with Gasteiger partial charge in [-0.1, -0.05) is 6.92 Å². The van der Waals surface area contributed by atoms with Crippen molar-refractivity contribution in [3.8, 4) is 0 Å². The number of carboxylic acids is 1. The zero-order chi connectivity index (χ0) is 20.6. The highest BCUT2D eigenvalue weighted by atomic mass is 32.2. The molecule has 0 bridgehead atoms. The molecule has 1 fully saturated rings. The number of aliphatic carboxylic acids is 1. The van der Waals surface area contributed by atoms with Gasteiger partial charge in [0.25, 0.3) is 0 Å². The molecule has 1 aliphatic heterocycles. The van der Waals surface area contributed by atoms with Crippen molar-refractivity contribution in [1.29, 1.82) is 0 Å². The van der Waals surface area contributed by atoms with E-state index in [1.807, 2.05) is 0 Å². The van der Waals surface area contributed by atoms with Gasteiger partial charge in [0.05, 0.1) is 22.6 Å². The van der Waals surface area contributed by atoms with E-state index in [1.165, 1.54) is 30.0 Å². The molecule has 150 valence electrons. The minimum atomic E-state index is -3.64. The summed E-state index contributed by atoms with van der Waals surface area (Å²) in [5.74, 6) is -2.21. The van der Waals surface area contributed by atoms with Crippen LogP contribution in [0.1, 0.15) is 45.7 Å². The predicted octanol–water partition coefficient (Wildman–Crippen LogP) is 2.45. The monoisotopic (exact) mass is 398 g/mol. The maximum Gasteiger partial charge on any atom is 0.410 e. The molecule has 2 rings (SSSR count). The molecule has 0 radical (unpaired) electrons. The number of anilines is 1. The average molecular weight is 398 g/mol. The third-order valence-corrected chi connectivity index (χ3v) is 6.21. The summed E-state index contributed by atoms with van der Waals surface area (Å²) in [4.78, 5) is 25.7. The van der Waals surface area contributed by atoms with Crippen LogP contribution in [-0.2, 0) is 19.4 Å². The van der Waals surface area contributed by atoms with E-state index >= 15 is 0 Å².